The van der Waals surface area contributed by atoms with Crippen molar-refractivity contribution in [1.82, 2.24) is 9.21 Å². The number of methoxy groups -OCH3 is 1. The van der Waals surface area contributed by atoms with Gasteiger partial charge < -0.3 is 4.74 Å². The monoisotopic (exact) mass is 394 g/mol. The minimum absolute atomic E-state index is 0.581. The Kier molecular flexibility index (Phi) is 6.82. The highest BCUT2D eigenvalue weighted by Crippen LogP contribution is 2.29. The third kappa shape index (κ3) is 5.24. The van der Waals surface area contributed by atoms with Crippen molar-refractivity contribution in [3.63, 3.8) is 0 Å². The van der Waals surface area contributed by atoms with Crippen LogP contribution in [0.4, 0.5) is 0 Å². The molecule has 1 saturated heterocycles. The molecular weight excluding hydrogens is 360 g/mol. The summed E-state index contributed by atoms with van der Waals surface area (Å²) in [5.74, 6) is 1.55. The van der Waals surface area contributed by atoms with E-state index in [0.717, 1.165) is 50.9 Å². The average molecular weight is 395 g/mol. The van der Waals surface area contributed by atoms with Crippen LogP contribution < -0.4 is 4.74 Å². The number of aryl methyl sites for hydroxylation is 1. The quantitative estimate of drug-likeness (QED) is 0.713. The molecule has 0 saturated carbocycles. The van der Waals surface area contributed by atoms with E-state index in [1.807, 2.05) is 0 Å². The van der Waals surface area contributed by atoms with Gasteiger partial charge in [-0.2, -0.15) is 0 Å². The Hall–Kier alpha value is -1.11. The van der Waals surface area contributed by atoms with Gasteiger partial charge in [0, 0.05) is 25.7 Å². The molecule has 1 aromatic rings. The van der Waals surface area contributed by atoms with Crippen LogP contribution in [0.25, 0.3) is 0 Å². The maximum atomic E-state index is 11.7. The van der Waals surface area contributed by atoms with E-state index in [-0.39, 0.29) is 0 Å². The third-order valence-corrected chi connectivity index (χ3v) is 7.48. The van der Waals surface area contributed by atoms with Crippen molar-refractivity contribution in [1.29, 1.82) is 0 Å². The fourth-order valence-corrected chi connectivity index (χ4v) is 5.49. The summed E-state index contributed by atoms with van der Waals surface area (Å²) in [6.45, 7) is 5.81. The van der Waals surface area contributed by atoms with E-state index < -0.39 is 10.0 Å². The SMILES string of the molecule is CCCN(CC1CCN(S(C)(=O)=O)CC1)C1CCc2ccc(OC)cc2C1. The number of hydrogen-bond donors (Lipinski definition) is 0. The van der Waals surface area contributed by atoms with Gasteiger partial charge in [0.1, 0.15) is 5.75 Å². The van der Waals surface area contributed by atoms with E-state index in [2.05, 4.69) is 30.0 Å². The second kappa shape index (κ2) is 8.93. The van der Waals surface area contributed by atoms with Crippen molar-refractivity contribution in [3.8, 4) is 5.75 Å². The van der Waals surface area contributed by atoms with E-state index in [4.69, 9.17) is 4.74 Å². The van der Waals surface area contributed by atoms with Gasteiger partial charge in [-0.3, -0.25) is 4.90 Å². The first-order valence-corrected chi connectivity index (χ1v) is 12.1. The maximum absolute atomic E-state index is 11.7. The molecule has 1 unspecified atom stereocenters. The van der Waals surface area contributed by atoms with Gasteiger partial charge in [0.25, 0.3) is 0 Å². The first-order valence-electron chi connectivity index (χ1n) is 10.3. The van der Waals surface area contributed by atoms with Crippen LogP contribution in [0, 0.1) is 5.92 Å². The number of benzene rings is 1. The van der Waals surface area contributed by atoms with Crippen LogP contribution >= 0.6 is 0 Å². The molecule has 0 aromatic heterocycles. The molecule has 0 N–H and O–H groups in total. The summed E-state index contributed by atoms with van der Waals surface area (Å²) < 4.78 is 30.5. The second-order valence-electron chi connectivity index (χ2n) is 8.13. The van der Waals surface area contributed by atoms with E-state index in [0.29, 0.717) is 25.0 Å². The molecular formula is C21H34N2O3S. The molecule has 0 amide bonds. The Morgan fingerprint density at radius 2 is 1.93 bits per heavy atom. The van der Waals surface area contributed by atoms with Crippen LogP contribution in [0.2, 0.25) is 0 Å². The molecule has 5 nitrogen and oxygen atoms in total. The standard InChI is InChI=1S/C21H34N2O3S/c1-4-11-22(16-17-9-12-23(13-10-17)27(3,24)25)20-7-5-18-6-8-21(26-2)15-19(18)14-20/h6,8,15,17,20H,4-5,7,9-14,16H2,1-3H3. The summed E-state index contributed by atoms with van der Waals surface area (Å²) in [6, 6.07) is 7.07. The van der Waals surface area contributed by atoms with Crippen LogP contribution in [0.1, 0.15) is 43.7 Å². The molecule has 27 heavy (non-hydrogen) atoms. The minimum Gasteiger partial charge on any atom is -0.497 e. The Bertz CT molecular complexity index is 727. The highest BCUT2D eigenvalue weighted by atomic mass is 32.2. The van der Waals surface area contributed by atoms with Crippen molar-refractivity contribution < 1.29 is 13.2 Å². The number of ether oxygens (including phenoxy) is 1. The van der Waals surface area contributed by atoms with Gasteiger partial charge in [-0.05, 0) is 74.2 Å². The summed E-state index contributed by atoms with van der Waals surface area (Å²) in [5, 5.41) is 0. The first-order chi connectivity index (χ1) is 12.9. The predicted octanol–water partition coefficient (Wildman–Crippen LogP) is 2.94. The molecule has 6 heteroatoms. The van der Waals surface area contributed by atoms with Crippen molar-refractivity contribution in [2.24, 2.45) is 5.92 Å². The molecule has 0 bridgehead atoms. The first kappa shape index (κ1) is 20.6. The van der Waals surface area contributed by atoms with Gasteiger partial charge in [0.05, 0.1) is 13.4 Å². The summed E-state index contributed by atoms with van der Waals surface area (Å²) in [7, 11) is -1.31. The van der Waals surface area contributed by atoms with Crippen molar-refractivity contribution in [2.75, 3.05) is 39.5 Å². The number of sulfonamides is 1. The third-order valence-electron chi connectivity index (χ3n) is 6.18. The summed E-state index contributed by atoms with van der Waals surface area (Å²) in [4.78, 5) is 2.67. The molecule has 3 rings (SSSR count). The zero-order valence-electron chi connectivity index (χ0n) is 17.0. The Balaban J connectivity index is 1.62. The Morgan fingerprint density at radius 3 is 2.56 bits per heavy atom. The maximum Gasteiger partial charge on any atom is 0.211 e. The number of fused-ring (bicyclic) bond motifs is 1. The van der Waals surface area contributed by atoms with Gasteiger partial charge in [0.2, 0.25) is 10.0 Å². The van der Waals surface area contributed by atoms with Crippen molar-refractivity contribution in [2.45, 2.75) is 51.5 Å². The largest absolute Gasteiger partial charge is 0.497 e. The van der Waals surface area contributed by atoms with E-state index in [1.54, 1.807) is 11.4 Å². The van der Waals surface area contributed by atoms with Crippen LogP contribution in [-0.4, -0.2) is 63.2 Å². The van der Waals surface area contributed by atoms with Gasteiger partial charge in [0.15, 0.2) is 0 Å². The zero-order valence-corrected chi connectivity index (χ0v) is 17.8. The normalized spacial score (nSPS) is 22.0. The predicted molar refractivity (Wildman–Crippen MR) is 110 cm³/mol. The number of piperidine rings is 1. The lowest BCUT2D eigenvalue weighted by Gasteiger charge is -2.39. The Labute approximate surface area is 164 Å². The lowest BCUT2D eigenvalue weighted by Crippen LogP contribution is -2.45. The smallest absolute Gasteiger partial charge is 0.211 e. The molecule has 0 spiro atoms. The zero-order chi connectivity index (χ0) is 19.4. The second-order valence-corrected chi connectivity index (χ2v) is 10.1. The van der Waals surface area contributed by atoms with Crippen LogP contribution in [0.5, 0.6) is 5.75 Å². The van der Waals surface area contributed by atoms with Crippen molar-refractivity contribution in [3.05, 3.63) is 29.3 Å². The number of nitrogens with zero attached hydrogens (tertiary/aromatic N) is 2. The van der Waals surface area contributed by atoms with E-state index >= 15 is 0 Å². The molecule has 152 valence electrons. The molecule has 1 aliphatic heterocycles. The molecule has 1 fully saturated rings. The van der Waals surface area contributed by atoms with Gasteiger partial charge in [-0.1, -0.05) is 13.0 Å². The lowest BCUT2D eigenvalue weighted by molar-refractivity contribution is 0.129. The molecule has 1 aliphatic carbocycles. The van der Waals surface area contributed by atoms with Crippen LogP contribution in [0.3, 0.4) is 0 Å². The van der Waals surface area contributed by atoms with E-state index in [1.165, 1.54) is 23.8 Å². The lowest BCUT2D eigenvalue weighted by atomic mass is 9.86. The summed E-state index contributed by atoms with van der Waals surface area (Å²) in [6.07, 6.45) is 7.87. The highest BCUT2D eigenvalue weighted by molar-refractivity contribution is 7.88. The fourth-order valence-electron chi connectivity index (χ4n) is 4.62. The van der Waals surface area contributed by atoms with Gasteiger partial charge >= 0.3 is 0 Å². The molecule has 1 atom stereocenters. The topological polar surface area (TPSA) is 49.9 Å². The number of rotatable bonds is 7. The van der Waals surface area contributed by atoms with Crippen molar-refractivity contribution >= 4 is 10.0 Å². The molecule has 1 aromatic carbocycles. The van der Waals surface area contributed by atoms with Gasteiger partial charge in [-0.25, -0.2) is 12.7 Å². The summed E-state index contributed by atoms with van der Waals surface area (Å²) >= 11 is 0. The molecule has 2 aliphatic rings. The van der Waals surface area contributed by atoms with Crippen LogP contribution in [-0.2, 0) is 22.9 Å². The van der Waals surface area contributed by atoms with Gasteiger partial charge in [-0.15, -0.1) is 0 Å². The van der Waals surface area contributed by atoms with Crippen LogP contribution in [0.15, 0.2) is 18.2 Å². The summed E-state index contributed by atoms with van der Waals surface area (Å²) in [5.41, 5.74) is 2.89. The average Bonchev–Trinajstić information content (AvgIpc) is 2.66. The molecule has 1 heterocycles. The Morgan fingerprint density at radius 1 is 1.19 bits per heavy atom. The number of hydrogen-bond acceptors (Lipinski definition) is 4. The molecule has 0 radical (unpaired) electrons. The fraction of sp³-hybridized carbons (Fsp3) is 0.714. The minimum atomic E-state index is -3.04. The highest BCUT2D eigenvalue weighted by Gasteiger charge is 2.29. The van der Waals surface area contributed by atoms with E-state index in [9.17, 15) is 8.42 Å².